The molecule has 1 aliphatic heterocycles. The highest BCUT2D eigenvalue weighted by molar-refractivity contribution is 5.60. The molecule has 0 spiro atoms. The highest BCUT2D eigenvalue weighted by Crippen LogP contribution is 2.30. The number of hydrogen-bond donors (Lipinski definition) is 0. The second-order valence-electron chi connectivity index (χ2n) is 8.38. The van der Waals surface area contributed by atoms with Crippen molar-refractivity contribution in [2.75, 3.05) is 13.7 Å². The van der Waals surface area contributed by atoms with Crippen molar-refractivity contribution < 1.29 is 19.0 Å². The Labute approximate surface area is 195 Å². The second kappa shape index (κ2) is 11.9. The number of carbonyl (C=O) groups excluding carboxylic acids is 1. The van der Waals surface area contributed by atoms with Gasteiger partial charge in [0.2, 0.25) is 0 Å². The van der Waals surface area contributed by atoms with Crippen LogP contribution in [0.25, 0.3) is 0 Å². The predicted octanol–water partition coefficient (Wildman–Crippen LogP) is 4.26. The minimum absolute atomic E-state index is 0.103. The Hall–Kier alpha value is -2.83. The van der Waals surface area contributed by atoms with Crippen LogP contribution in [0.1, 0.15) is 16.7 Å². The van der Waals surface area contributed by atoms with Gasteiger partial charge in [0.1, 0.15) is 18.5 Å². The lowest BCUT2D eigenvalue weighted by Crippen LogP contribution is -2.40. The van der Waals surface area contributed by atoms with Gasteiger partial charge in [0.05, 0.1) is 38.5 Å². The summed E-state index contributed by atoms with van der Waals surface area (Å²) < 4.78 is 18.8. The van der Waals surface area contributed by atoms with Crippen LogP contribution in [0.5, 0.6) is 0 Å². The van der Waals surface area contributed by atoms with Gasteiger partial charge in [-0.25, -0.2) is 0 Å². The average Bonchev–Trinajstić information content (AvgIpc) is 3.13. The number of nitrogens with zero attached hydrogens (tertiary/aromatic N) is 1. The van der Waals surface area contributed by atoms with Crippen LogP contribution in [0.15, 0.2) is 91.0 Å². The average molecular weight is 446 g/mol. The molecule has 1 heterocycles. The quantitative estimate of drug-likeness (QED) is 0.413. The van der Waals surface area contributed by atoms with Crippen molar-refractivity contribution in [3.8, 4) is 0 Å². The Balaban J connectivity index is 1.47. The zero-order chi connectivity index (χ0) is 22.9. The Morgan fingerprint density at radius 3 is 1.64 bits per heavy atom. The van der Waals surface area contributed by atoms with E-state index in [2.05, 4.69) is 0 Å². The van der Waals surface area contributed by atoms with Crippen LogP contribution in [0.2, 0.25) is 0 Å². The van der Waals surface area contributed by atoms with E-state index in [4.69, 9.17) is 14.2 Å². The lowest BCUT2D eigenvalue weighted by atomic mass is 10.1. The summed E-state index contributed by atoms with van der Waals surface area (Å²) in [5.41, 5.74) is 3.26. The minimum atomic E-state index is -0.403. The SMILES string of the molecule is CN1[C@H](COCc2ccccc2)[C@@H](OCc2ccccc2)[C@H](OCc2ccccc2)[C@@H]1C=O. The van der Waals surface area contributed by atoms with E-state index in [9.17, 15) is 4.79 Å². The number of carbonyl (C=O) groups is 1. The first-order valence-electron chi connectivity index (χ1n) is 11.4. The number of likely N-dealkylation sites (N-methyl/N-ethyl adjacent to an activating group) is 1. The van der Waals surface area contributed by atoms with Crippen molar-refractivity contribution in [1.29, 1.82) is 0 Å². The normalized spacial score (nSPS) is 22.9. The topological polar surface area (TPSA) is 48.0 Å². The van der Waals surface area contributed by atoms with Crippen LogP contribution in [0, 0.1) is 0 Å². The first-order chi connectivity index (χ1) is 16.3. The zero-order valence-corrected chi connectivity index (χ0v) is 19.0. The van der Waals surface area contributed by atoms with E-state index >= 15 is 0 Å². The monoisotopic (exact) mass is 445 g/mol. The molecule has 5 nitrogen and oxygen atoms in total. The third-order valence-corrected chi connectivity index (χ3v) is 6.14. The molecule has 1 fully saturated rings. The first-order valence-corrected chi connectivity index (χ1v) is 11.4. The van der Waals surface area contributed by atoms with E-state index in [0.29, 0.717) is 26.4 Å². The van der Waals surface area contributed by atoms with E-state index in [1.807, 2.05) is 103 Å². The van der Waals surface area contributed by atoms with Gasteiger partial charge in [-0.2, -0.15) is 0 Å². The molecule has 0 N–H and O–H groups in total. The van der Waals surface area contributed by atoms with Crippen LogP contribution < -0.4 is 0 Å². The summed E-state index contributed by atoms with van der Waals surface area (Å²) in [6, 6.07) is 29.6. The largest absolute Gasteiger partial charge is 0.375 e. The zero-order valence-electron chi connectivity index (χ0n) is 19.0. The number of rotatable bonds is 11. The van der Waals surface area contributed by atoms with Gasteiger partial charge in [-0.15, -0.1) is 0 Å². The van der Waals surface area contributed by atoms with Crippen molar-refractivity contribution in [3.05, 3.63) is 108 Å². The van der Waals surface area contributed by atoms with E-state index in [-0.39, 0.29) is 18.2 Å². The summed E-state index contributed by atoms with van der Waals surface area (Å²) in [7, 11) is 1.94. The number of benzene rings is 3. The summed E-state index contributed by atoms with van der Waals surface area (Å²) in [6.45, 7) is 1.83. The number of hydrogen-bond acceptors (Lipinski definition) is 5. The molecular weight excluding hydrogens is 414 g/mol. The van der Waals surface area contributed by atoms with Crippen LogP contribution in [-0.2, 0) is 38.8 Å². The molecule has 5 heteroatoms. The third kappa shape index (κ3) is 6.15. The van der Waals surface area contributed by atoms with Crippen LogP contribution in [0.3, 0.4) is 0 Å². The van der Waals surface area contributed by atoms with Gasteiger partial charge in [0.25, 0.3) is 0 Å². The fourth-order valence-corrected chi connectivity index (χ4v) is 4.29. The summed E-state index contributed by atoms with van der Waals surface area (Å²) in [5.74, 6) is 0. The summed E-state index contributed by atoms with van der Waals surface area (Å²) in [6.07, 6.45) is 0.276. The van der Waals surface area contributed by atoms with Crippen molar-refractivity contribution in [1.82, 2.24) is 4.90 Å². The molecule has 0 unspecified atom stereocenters. The Morgan fingerprint density at radius 1 is 0.697 bits per heavy atom. The van der Waals surface area contributed by atoms with E-state index < -0.39 is 6.04 Å². The molecule has 0 bridgehead atoms. The Morgan fingerprint density at radius 2 is 1.15 bits per heavy atom. The summed E-state index contributed by atoms with van der Waals surface area (Å²) in [5, 5.41) is 0. The van der Waals surface area contributed by atoms with Crippen molar-refractivity contribution >= 4 is 6.29 Å². The molecule has 1 saturated heterocycles. The molecular formula is C28H31NO4. The third-order valence-electron chi connectivity index (χ3n) is 6.14. The van der Waals surface area contributed by atoms with Crippen molar-refractivity contribution in [2.24, 2.45) is 0 Å². The van der Waals surface area contributed by atoms with Crippen LogP contribution in [0.4, 0.5) is 0 Å². The molecule has 0 amide bonds. The molecule has 0 aliphatic carbocycles. The molecule has 3 aromatic rings. The van der Waals surface area contributed by atoms with Crippen LogP contribution in [-0.4, -0.2) is 49.1 Å². The molecule has 0 saturated carbocycles. The van der Waals surface area contributed by atoms with E-state index in [0.717, 1.165) is 23.0 Å². The number of aldehydes is 1. The molecule has 0 radical (unpaired) electrons. The molecule has 4 rings (SSSR count). The standard InChI is InChI=1S/C28H31NO4/c1-29-25(17-30)27(32-19-23-13-7-3-8-14-23)28(33-20-24-15-9-4-10-16-24)26(29)21-31-18-22-11-5-2-6-12-22/h2-17,25-28H,18-21H2,1H3/t25-,26+,27+,28+/m0/s1. The maximum absolute atomic E-state index is 12.1. The fraction of sp³-hybridized carbons (Fsp3) is 0.321. The van der Waals surface area contributed by atoms with Crippen molar-refractivity contribution in [3.63, 3.8) is 0 Å². The summed E-state index contributed by atoms with van der Waals surface area (Å²) in [4.78, 5) is 14.1. The molecule has 172 valence electrons. The van der Waals surface area contributed by atoms with E-state index in [1.54, 1.807) is 0 Å². The van der Waals surface area contributed by atoms with Gasteiger partial charge < -0.3 is 19.0 Å². The van der Waals surface area contributed by atoms with Gasteiger partial charge >= 0.3 is 0 Å². The van der Waals surface area contributed by atoms with Gasteiger partial charge in [-0.3, -0.25) is 4.90 Å². The molecule has 1 aliphatic rings. The maximum atomic E-state index is 12.1. The number of ether oxygens (including phenoxy) is 3. The highest BCUT2D eigenvalue weighted by Gasteiger charge is 2.49. The molecule has 0 aromatic heterocycles. The molecule has 33 heavy (non-hydrogen) atoms. The predicted molar refractivity (Wildman–Crippen MR) is 128 cm³/mol. The minimum Gasteiger partial charge on any atom is -0.375 e. The van der Waals surface area contributed by atoms with Gasteiger partial charge in [0, 0.05) is 0 Å². The molecule has 3 aromatic carbocycles. The van der Waals surface area contributed by atoms with Gasteiger partial charge in [-0.1, -0.05) is 91.0 Å². The first kappa shape index (κ1) is 23.3. The Kier molecular flexibility index (Phi) is 8.39. The lowest BCUT2D eigenvalue weighted by Gasteiger charge is -2.26. The highest BCUT2D eigenvalue weighted by atomic mass is 16.5. The maximum Gasteiger partial charge on any atom is 0.139 e. The summed E-state index contributed by atoms with van der Waals surface area (Å²) >= 11 is 0. The number of likely N-dealkylation sites (tertiary alicyclic amines) is 1. The van der Waals surface area contributed by atoms with Crippen molar-refractivity contribution in [2.45, 2.75) is 44.1 Å². The van der Waals surface area contributed by atoms with Gasteiger partial charge in [0.15, 0.2) is 0 Å². The van der Waals surface area contributed by atoms with E-state index in [1.165, 1.54) is 0 Å². The second-order valence-corrected chi connectivity index (χ2v) is 8.38. The Bertz CT molecular complexity index is 967. The van der Waals surface area contributed by atoms with Crippen LogP contribution >= 0.6 is 0 Å². The fourth-order valence-electron chi connectivity index (χ4n) is 4.29. The molecule has 4 atom stereocenters. The van der Waals surface area contributed by atoms with Gasteiger partial charge in [-0.05, 0) is 23.7 Å². The lowest BCUT2D eigenvalue weighted by molar-refractivity contribution is -0.118. The smallest absolute Gasteiger partial charge is 0.139 e.